The van der Waals surface area contributed by atoms with Gasteiger partial charge in [-0.25, -0.2) is 0 Å². The van der Waals surface area contributed by atoms with E-state index in [1.165, 1.54) is 0 Å². The standard InChI is InChI=1S/C19H30N2O4/c1-3-24-17-4-6-18(7-5-17)25-13-10-20-19(23)14-21-11-8-16(9-12-21)15(2)22/h4-7,15-16,22H,3,8-14H2,1-2H3,(H,20,23). The molecular formula is C19H30N2O4. The van der Waals surface area contributed by atoms with Crippen LogP contribution in [0.1, 0.15) is 26.7 Å². The van der Waals surface area contributed by atoms with Crippen LogP contribution in [0.15, 0.2) is 24.3 Å². The Morgan fingerprint density at radius 1 is 1.24 bits per heavy atom. The lowest BCUT2D eigenvalue weighted by atomic mass is 9.92. The van der Waals surface area contributed by atoms with Crippen molar-refractivity contribution < 1.29 is 19.4 Å². The van der Waals surface area contributed by atoms with Gasteiger partial charge in [0.05, 0.1) is 25.8 Å². The van der Waals surface area contributed by atoms with E-state index in [9.17, 15) is 9.90 Å². The van der Waals surface area contributed by atoms with Gasteiger partial charge in [-0.15, -0.1) is 0 Å². The molecule has 1 aliphatic heterocycles. The number of benzene rings is 1. The molecule has 0 saturated carbocycles. The van der Waals surface area contributed by atoms with Gasteiger partial charge >= 0.3 is 0 Å². The Balaban J connectivity index is 1.58. The Labute approximate surface area is 150 Å². The predicted molar refractivity (Wildman–Crippen MR) is 97.0 cm³/mol. The Morgan fingerprint density at radius 2 is 1.84 bits per heavy atom. The molecule has 0 bridgehead atoms. The molecule has 1 aromatic rings. The van der Waals surface area contributed by atoms with Gasteiger partial charge < -0.3 is 19.9 Å². The number of ether oxygens (including phenoxy) is 2. The van der Waals surface area contributed by atoms with Crippen LogP contribution in [0.25, 0.3) is 0 Å². The first-order valence-corrected chi connectivity index (χ1v) is 9.11. The summed E-state index contributed by atoms with van der Waals surface area (Å²) in [4.78, 5) is 14.1. The van der Waals surface area contributed by atoms with Gasteiger partial charge in [0, 0.05) is 0 Å². The van der Waals surface area contributed by atoms with Crippen LogP contribution < -0.4 is 14.8 Å². The third-order valence-corrected chi connectivity index (χ3v) is 4.51. The molecule has 0 aromatic heterocycles. The number of rotatable bonds is 9. The first-order valence-electron chi connectivity index (χ1n) is 9.11. The van der Waals surface area contributed by atoms with Crippen molar-refractivity contribution in [3.05, 3.63) is 24.3 Å². The van der Waals surface area contributed by atoms with Crippen LogP contribution in [-0.2, 0) is 4.79 Å². The second-order valence-electron chi connectivity index (χ2n) is 6.46. The molecule has 25 heavy (non-hydrogen) atoms. The van der Waals surface area contributed by atoms with Crippen LogP contribution in [0.5, 0.6) is 11.5 Å². The molecule has 2 rings (SSSR count). The molecule has 1 atom stereocenters. The van der Waals surface area contributed by atoms with Crippen LogP contribution >= 0.6 is 0 Å². The van der Waals surface area contributed by atoms with Gasteiger partial charge in [0.25, 0.3) is 0 Å². The van der Waals surface area contributed by atoms with E-state index in [0.29, 0.717) is 32.2 Å². The smallest absolute Gasteiger partial charge is 0.234 e. The van der Waals surface area contributed by atoms with Crippen LogP contribution in [0, 0.1) is 5.92 Å². The van der Waals surface area contributed by atoms with Gasteiger partial charge in [0.2, 0.25) is 5.91 Å². The lowest BCUT2D eigenvalue weighted by Crippen LogP contribution is -2.43. The number of hydrogen-bond donors (Lipinski definition) is 2. The fourth-order valence-corrected chi connectivity index (χ4v) is 3.01. The van der Waals surface area contributed by atoms with Crippen LogP contribution in [0.2, 0.25) is 0 Å². The lowest BCUT2D eigenvalue weighted by Gasteiger charge is -2.32. The zero-order valence-corrected chi connectivity index (χ0v) is 15.2. The number of nitrogens with one attached hydrogen (secondary N) is 1. The predicted octanol–water partition coefficient (Wildman–Crippen LogP) is 1.67. The summed E-state index contributed by atoms with van der Waals surface area (Å²) in [6, 6.07) is 7.46. The molecule has 140 valence electrons. The second-order valence-corrected chi connectivity index (χ2v) is 6.46. The summed E-state index contributed by atoms with van der Waals surface area (Å²) < 4.78 is 11.0. The molecule has 1 unspecified atom stereocenters. The van der Waals surface area contributed by atoms with Gasteiger partial charge in [0.15, 0.2) is 0 Å². The maximum Gasteiger partial charge on any atom is 0.234 e. The summed E-state index contributed by atoms with van der Waals surface area (Å²) in [5, 5.41) is 12.5. The minimum atomic E-state index is -0.254. The minimum Gasteiger partial charge on any atom is -0.494 e. The van der Waals surface area contributed by atoms with Crippen molar-refractivity contribution in [1.29, 1.82) is 0 Å². The molecular weight excluding hydrogens is 320 g/mol. The van der Waals surface area contributed by atoms with E-state index in [1.54, 1.807) is 0 Å². The molecule has 1 saturated heterocycles. The molecule has 0 aliphatic carbocycles. The van der Waals surface area contributed by atoms with Crippen molar-refractivity contribution in [2.24, 2.45) is 5.92 Å². The van der Waals surface area contributed by atoms with Crippen molar-refractivity contribution >= 4 is 5.91 Å². The summed E-state index contributed by atoms with van der Waals surface area (Å²) in [5.74, 6) is 1.97. The molecule has 1 aromatic carbocycles. The zero-order chi connectivity index (χ0) is 18.1. The first-order chi connectivity index (χ1) is 12.1. The normalized spacial score (nSPS) is 17.1. The third kappa shape index (κ3) is 6.92. The van der Waals surface area contributed by atoms with E-state index in [2.05, 4.69) is 10.2 Å². The summed E-state index contributed by atoms with van der Waals surface area (Å²) in [7, 11) is 0. The highest BCUT2D eigenvalue weighted by atomic mass is 16.5. The largest absolute Gasteiger partial charge is 0.494 e. The van der Waals surface area contributed by atoms with Gasteiger partial charge in [-0.3, -0.25) is 9.69 Å². The first kappa shape index (κ1) is 19.5. The maximum atomic E-state index is 12.0. The Morgan fingerprint density at radius 3 is 2.40 bits per heavy atom. The van der Waals surface area contributed by atoms with Crippen LogP contribution in [0.3, 0.4) is 0 Å². The molecule has 1 heterocycles. The number of likely N-dealkylation sites (tertiary alicyclic amines) is 1. The minimum absolute atomic E-state index is 0.0193. The summed E-state index contributed by atoms with van der Waals surface area (Å²) >= 11 is 0. The molecule has 1 fully saturated rings. The number of amides is 1. The van der Waals surface area contributed by atoms with Crippen molar-refractivity contribution in [3.8, 4) is 11.5 Å². The van der Waals surface area contributed by atoms with Gasteiger partial charge in [0.1, 0.15) is 18.1 Å². The number of nitrogens with zero attached hydrogens (tertiary/aromatic N) is 1. The quantitative estimate of drug-likeness (QED) is 0.663. The van der Waals surface area contributed by atoms with E-state index in [-0.39, 0.29) is 12.0 Å². The highest BCUT2D eigenvalue weighted by Crippen LogP contribution is 2.20. The van der Waals surface area contributed by atoms with Crippen molar-refractivity contribution in [3.63, 3.8) is 0 Å². The molecule has 1 aliphatic rings. The van der Waals surface area contributed by atoms with E-state index in [1.807, 2.05) is 38.1 Å². The van der Waals surface area contributed by atoms with Gasteiger partial charge in [-0.2, -0.15) is 0 Å². The van der Waals surface area contributed by atoms with Gasteiger partial charge in [-0.05, 0) is 70.0 Å². The molecule has 6 nitrogen and oxygen atoms in total. The summed E-state index contributed by atoms with van der Waals surface area (Å²) in [6.45, 7) is 7.50. The van der Waals surface area contributed by atoms with Crippen molar-refractivity contribution in [1.82, 2.24) is 10.2 Å². The average molecular weight is 350 g/mol. The lowest BCUT2D eigenvalue weighted by molar-refractivity contribution is -0.122. The highest BCUT2D eigenvalue weighted by Gasteiger charge is 2.23. The Hall–Kier alpha value is -1.79. The Kier molecular flexibility index (Phi) is 8.01. The number of carbonyl (C=O) groups excluding carboxylic acids is 1. The van der Waals surface area contributed by atoms with Crippen molar-refractivity contribution in [2.45, 2.75) is 32.8 Å². The summed E-state index contributed by atoms with van der Waals surface area (Å²) in [5.41, 5.74) is 0. The zero-order valence-electron chi connectivity index (χ0n) is 15.2. The molecule has 0 radical (unpaired) electrons. The van der Waals surface area contributed by atoms with Gasteiger partial charge in [-0.1, -0.05) is 0 Å². The number of piperidine rings is 1. The van der Waals surface area contributed by atoms with Crippen LogP contribution in [0.4, 0.5) is 0 Å². The monoisotopic (exact) mass is 350 g/mol. The van der Waals surface area contributed by atoms with Crippen molar-refractivity contribution in [2.75, 3.05) is 39.4 Å². The fourth-order valence-electron chi connectivity index (χ4n) is 3.01. The van der Waals surface area contributed by atoms with E-state index < -0.39 is 0 Å². The number of hydrogen-bond acceptors (Lipinski definition) is 5. The second kappa shape index (κ2) is 10.3. The SMILES string of the molecule is CCOc1ccc(OCCNC(=O)CN2CCC(C(C)O)CC2)cc1. The summed E-state index contributed by atoms with van der Waals surface area (Å²) in [6.07, 6.45) is 1.65. The maximum absolute atomic E-state index is 12.0. The van der Waals surface area contributed by atoms with E-state index >= 15 is 0 Å². The molecule has 2 N–H and O–H groups in total. The number of carbonyl (C=O) groups is 1. The molecule has 6 heteroatoms. The topological polar surface area (TPSA) is 71.0 Å². The molecule has 0 spiro atoms. The van der Waals surface area contributed by atoms with E-state index in [4.69, 9.17) is 9.47 Å². The highest BCUT2D eigenvalue weighted by molar-refractivity contribution is 5.78. The van der Waals surface area contributed by atoms with Crippen LogP contribution in [-0.4, -0.2) is 61.4 Å². The number of aliphatic hydroxyl groups is 1. The van der Waals surface area contributed by atoms with E-state index in [0.717, 1.165) is 37.4 Å². The third-order valence-electron chi connectivity index (χ3n) is 4.51. The molecule has 1 amide bonds. The average Bonchev–Trinajstić information content (AvgIpc) is 2.61. The fraction of sp³-hybridized carbons (Fsp3) is 0.632. The number of aliphatic hydroxyl groups excluding tert-OH is 1. The Bertz CT molecular complexity index is 511.